The van der Waals surface area contributed by atoms with Crippen LogP contribution in [-0.4, -0.2) is 9.55 Å². The van der Waals surface area contributed by atoms with Gasteiger partial charge in [0.1, 0.15) is 5.82 Å². The van der Waals surface area contributed by atoms with Gasteiger partial charge in [-0.15, -0.1) is 11.6 Å². The summed E-state index contributed by atoms with van der Waals surface area (Å²) in [6.45, 7) is 4.27. The molecule has 0 bridgehead atoms. The fourth-order valence-corrected chi connectivity index (χ4v) is 2.41. The first-order valence-corrected chi connectivity index (χ1v) is 6.79. The molecule has 0 saturated heterocycles. The number of halogens is 3. The summed E-state index contributed by atoms with van der Waals surface area (Å²) in [7, 11) is 0. The molecule has 1 atom stereocenters. The van der Waals surface area contributed by atoms with Crippen LogP contribution in [0.5, 0.6) is 0 Å². The quantitative estimate of drug-likeness (QED) is 0.723. The van der Waals surface area contributed by atoms with E-state index >= 15 is 0 Å². The summed E-state index contributed by atoms with van der Waals surface area (Å²) >= 11 is 18.0. The molecule has 0 amide bonds. The molecule has 2 nitrogen and oxygen atoms in total. The van der Waals surface area contributed by atoms with Gasteiger partial charge in [0.05, 0.1) is 27.0 Å². The topological polar surface area (TPSA) is 17.8 Å². The summed E-state index contributed by atoms with van der Waals surface area (Å²) in [4.78, 5) is 4.49. The molecule has 92 valence electrons. The number of rotatable bonds is 3. The van der Waals surface area contributed by atoms with Crippen LogP contribution in [0.15, 0.2) is 12.1 Å². The number of alkyl halides is 1. The largest absolute Gasteiger partial charge is 0.324 e. The van der Waals surface area contributed by atoms with E-state index in [1.807, 2.05) is 6.07 Å². The number of nitrogens with zero attached hydrogens (tertiary/aromatic N) is 2. The summed E-state index contributed by atoms with van der Waals surface area (Å²) in [5.74, 6) is 1.24. The lowest BCUT2D eigenvalue weighted by Crippen LogP contribution is -2.07. The van der Waals surface area contributed by atoms with Crippen LogP contribution in [-0.2, 0) is 5.88 Å². The second-order valence-corrected chi connectivity index (χ2v) is 5.13. The molecule has 17 heavy (non-hydrogen) atoms. The van der Waals surface area contributed by atoms with Crippen molar-refractivity contribution in [1.82, 2.24) is 9.55 Å². The van der Waals surface area contributed by atoms with Crippen LogP contribution in [0.3, 0.4) is 0 Å². The van der Waals surface area contributed by atoms with Gasteiger partial charge in [-0.2, -0.15) is 0 Å². The molecule has 0 fully saturated rings. The Balaban J connectivity index is 2.74. The van der Waals surface area contributed by atoms with Crippen LogP contribution in [0.1, 0.15) is 32.1 Å². The lowest BCUT2D eigenvalue weighted by molar-refractivity contribution is 0.530. The van der Waals surface area contributed by atoms with Crippen molar-refractivity contribution < 1.29 is 0 Å². The fraction of sp³-hybridized carbons (Fsp3) is 0.417. The molecule has 0 aliphatic rings. The molecule has 5 heteroatoms. The lowest BCUT2D eigenvalue weighted by Gasteiger charge is -2.14. The van der Waals surface area contributed by atoms with E-state index < -0.39 is 0 Å². The molecule has 1 unspecified atom stereocenters. The molecule has 1 aromatic carbocycles. The minimum atomic E-state index is 0.339. The monoisotopic (exact) mass is 290 g/mol. The first kappa shape index (κ1) is 13.0. The highest BCUT2D eigenvalue weighted by Gasteiger charge is 2.15. The maximum absolute atomic E-state index is 6.05. The summed E-state index contributed by atoms with van der Waals surface area (Å²) in [6.07, 6.45) is 1.01. The Kier molecular flexibility index (Phi) is 3.86. The van der Waals surface area contributed by atoms with Crippen molar-refractivity contribution in [2.75, 3.05) is 0 Å². The molecular formula is C12H13Cl3N2. The van der Waals surface area contributed by atoms with Crippen molar-refractivity contribution in [3.63, 3.8) is 0 Å². The maximum Gasteiger partial charge on any atom is 0.125 e. The van der Waals surface area contributed by atoms with E-state index in [1.54, 1.807) is 6.07 Å². The van der Waals surface area contributed by atoms with Gasteiger partial charge < -0.3 is 4.57 Å². The van der Waals surface area contributed by atoms with Crippen molar-refractivity contribution in [3.05, 3.63) is 28.0 Å². The molecule has 1 heterocycles. The second kappa shape index (κ2) is 5.05. The van der Waals surface area contributed by atoms with Crippen LogP contribution < -0.4 is 0 Å². The molecule has 2 aromatic rings. The van der Waals surface area contributed by atoms with E-state index in [4.69, 9.17) is 34.8 Å². The van der Waals surface area contributed by atoms with E-state index in [2.05, 4.69) is 23.4 Å². The predicted octanol–water partition coefficient (Wildman–Crippen LogP) is 5.05. The third-order valence-electron chi connectivity index (χ3n) is 2.96. The predicted molar refractivity (Wildman–Crippen MR) is 74.3 cm³/mol. The number of fused-ring (bicyclic) bond motifs is 1. The average Bonchev–Trinajstić information content (AvgIpc) is 2.66. The first-order valence-electron chi connectivity index (χ1n) is 5.50. The molecule has 0 N–H and O–H groups in total. The molecule has 1 aromatic heterocycles. The highest BCUT2D eigenvalue weighted by molar-refractivity contribution is 6.42. The lowest BCUT2D eigenvalue weighted by atomic mass is 10.2. The van der Waals surface area contributed by atoms with Gasteiger partial charge in [-0.25, -0.2) is 4.98 Å². The van der Waals surface area contributed by atoms with Gasteiger partial charge in [0, 0.05) is 6.04 Å². The Morgan fingerprint density at radius 1 is 1.29 bits per heavy atom. The summed E-state index contributed by atoms with van der Waals surface area (Å²) in [6, 6.07) is 3.98. The Morgan fingerprint density at radius 2 is 1.94 bits per heavy atom. The summed E-state index contributed by atoms with van der Waals surface area (Å²) < 4.78 is 2.13. The van der Waals surface area contributed by atoms with E-state index in [0.717, 1.165) is 23.3 Å². The Morgan fingerprint density at radius 3 is 2.53 bits per heavy atom. The minimum absolute atomic E-state index is 0.339. The molecule has 0 saturated carbocycles. The molecule has 0 aliphatic heterocycles. The van der Waals surface area contributed by atoms with E-state index in [9.17, 15) is 0 Å². The fourth-order valence-electron chi connectivity index (χ4n) is 1.91. The smallest absolute Gasteiger partial charge is 0.125 e. The van der Waals surface area contributed by atoms with Crippen molar-refractivity contribution in [2.24, 2.45) is 0 Å². The normalized spacial score (nSPS) is 13.2. The van der Waals surface area contributed by atoms with Crippen LogP contribution >= 0.6 is 34.8 Å². The van der Waals surface area contributed by atoms with Gasteiger partial charge in [0.15, 0.2) is 0 Å². The molecule has 0 aliphatic carbocycles. The second-order valence-electron chi connectivity index (χ2n) is 4.04. The van der Waals surface area contributed by atoms with Gasteiger partial charge >= 0.3 is 0 Å². The zero-order valence-corrected chi connectivity index (χ0v) is 11.9. The Hall–Kier alpha value is -0.440. The summed E-state index contributed by atoms with van der Waals surface area (Å²) in [5.41, 5.74) is 1.83. The van der Waals surface area contributed by atoms with Crippen molar-refractivity contribution in [1.29, 1.82) is 0 Å². The number of hydrogen-bond acceptors (Lipinski definition) is 1. The van der Waals surface area contributed by atoms with Gasteiger partial charge in [0.25, 0.3) is 0 Å². The van der Waals surface area contributed by atoms with E-state index in [0.29, 0.717) is 22.0 Å². The standard InChI is InChI=1S/C12H13Cl3N2/c1-3-7(2)17-11-5-9(15)8(14)4-10(11)16-12(17)6-13/h4-5,7H,3,6H2,1-2H3. The van der Waals surface area contributed by atoms with Crippen molar-refractivity contribution in [3.8, 4) is 0 Å². The van der Waals surface area contributed by atoms with Crippen LogP contribution in [0.25, 0.3) is 11.0 Å². The highest BCUT2D eigenvalue weighted by Crippen LogP contribution is 2.31. The third kappa shape index (κ3) is 2.26. The average molecular weight is 292 g/mol. The van der Waals surface area contributed by atoms with Crippen LogP contribution in [0.4, 0.5) is 0 Å². The van der Waals surface area contributed by atoms with Crippen molar-refractivity contribution >= 4 is 45.8 Å². The van der Waals surface area contributed by atoms with Gasteiger partial charge in [-0.1, -0.05) is 30.1 Å². The molecule has 0 radical (unpaired) electrons. The van der Waals surface area contributed by atoms with Crippen LogP contribution in [0.2, 0.25) is 10.0 Å². The van der Waals surface area contributed by atoms with E-state index in [-0.39, 0.29) is 0 Å². The zero-order chi connectivity index (χ0) is 12.6. The van der Waals surface area contributed by atoms with Crippen LogP contribution in [0, 0.1) is 0 Å². The van der Waals surface area contributed by atoms with Gasteiger partial charge in [-0.05, 0) is 25.5 Å². The number of benzene rings is 1. The van der Waals surface area contributed by atoms with Gasteiger partial charge in [0.2, 0.25) is 0 Å². The SMILES string of the molecule is CCC(C)n1c(CCl)nc2cc(Cl)c(Cl)cc21. The minimum Gasteiger partial charge on any atom is -0.324 e. The third-order valence-corrected chi connectivity index (χ3v) is 3.92. The number of imidazole rings is 1. The number of aromatic nitrogens is 2. The Labute approximate surface area is 115 Å². The molecule has 2 rings (SSSR count). The van der Waals surface area contributed by atoms with Crippen molar-refractivity contribution in [2.45, 2.75) is 32.2 Å². The molecular weight excluding hydrogens is 279 g/mol. The Bertz CT molecular complexity index is 548. The maximum atomic E-state index is 6.05. The molecule has 0 spiro atoms. The zero-order valence-electron chi connectivity index (χ0n) is 9.67. The summed E-state index contributed by atoms with van der Waals surface area (Å²) in [5, 5.41) is 1.07. The number of hydrogen-bond donors (Lipinski definition) is 0. The highest BCUT2D eigenvalue weighted by atomic mass is 35.5. The first-order chi connectivity index (χ1) is 8.08. The van der Waals surface area contributed by atoms with Gasteiger partial charge in [-0.3, -0.25) is 0 Å². The van der Waals surface area contributed by atoms with E-state index in [1.165, 1.54) is 0 Å².